The SMILES string of the molecule is CCS(=O)C1CCCCC1NC(=O)Nc1cc(C(C)(C)C)on1. The van der Waals surface area contributed by atoms with Crippen molar-refractivity contribution in [3.05, 3.63) is 11.8 Å². The van der Waals surface area contributed by atoms with Gasteiger partial charge in [-0.1, -0.05) is 45.7 Å². The molecule has 0 spiro atoms. The Balaban J connectivity index is 1.95. The number of aromatic nitrogens is 1. The molecule has 1 saturated carbocycles. The number of anilines is 1. The zero-order valence-corrected chi connectivity index (χ0v) is 15.2. The molecule has 2 rings (SSSR count). The summed E-state index contributed by atoms with van der Waals surface area (Å²) in [7, 11) is -0.891. The Morgan fingerprint density at radius 3 is 2.70 bits per heavy atom. The Labute approximate surface area is 140 Å². The van der Waals surface area contributed by atoms with Crippen LogP contribution in [-0.2, 0) is 16.2 Å². The number of hydrogen-bond donors (Lipinski definition) is 2. The average molecular weight is 341 g/mol. The summed E-state index contributed by atoms with van der Waals surface area (Å²) in [6.45, 7) is 7.98. The van der Waals surface area contributed by atoms with Gasteiger partial charge >= 0.3 is 6.03 Å². The van der Waals surface area contributed by atoms with Gasteiger partial charge in [0.1, 0.15) is 5.76 Å². The van der Waals surface area contributed by atoms with Crippen LogP contribution in [0, 0.1) is 0 Å². The third-order valence-electron chi connectivity index (χ3n) is 4.13. The number of carbonyl (C=O) groups is 1. The molecular weight excluding hydrogens is 314 g/mol. The number of nitrogens with one attached hydrogen (secondary N) is 2. The molecule has 3 atom stereocenters. The summed E-state index contributed by atoms with van der Waals surface area (Å²) in [6.07, 6.45) is 3.91. The molecule has 0 saturated heterocycles. The normalized spacial score (nSPS) is 23.3. The van der Waals surface area contributed by atoms with Gasteiger partial charge in [-0.15, -0.1) is 0 Å². The van der Waals surface area contributed by atoms with Crippen molar-refractivity contribution in [3.63, 3.8) is 0 Å². The fourth-order valence-corrected chi connectivity index (χ4v) is 4.23. The van der Waals surface area contributed by atoms with Gasteiger partial charge in [0.2, 0.25) is 0 Å². The van der Waals surface area contributed by atoms with Gasteiger partial charge in [0, 0.05) is 34.1 Å². The predicted octanol–water partition coefficient (Wildman–Crippen LogP) is 3.17. The highest BCUT2D eigenvalue weighted by molar-refractivity contribution is 7.85. The Kier molecular flexibility index (Phi) is 5.84. The van der Waals surface area contributed by atoms with Crippen molar-refractivity contribution in [1.29, 1.82) is 0 Å². The Morgan fingerprint density at radius 2 is 2.09 bits per heavy atom. The largest absolute Gasteiger partial charge is 0.359 e. The third kappa shape index (κ3) is 4.80. The highest BCUT2D eigenvalue weighted by atomic mass is 32.2. The van der Waals surface area contributed by atoms with Crippen LogP contribution < -0.4 is 10.6 Å². The van der Waals surface area contributed by atoms with E-state index in [4.69, 9.17) is 4.52 Å². The van der Waals surface area contributed by atoms with E-state index in [1.54, 1.807) is 6.07 Å². The lowest BCUT2D eigenvalue weighted by molar-refractivity contribution is 0.244. The van der Waals surface area contributed by atoms with Crippen LogP contribution in [0.2, 0.25) is 0 Å². The van der Waals surface area contributed by atoms with Gasteiger partial charge < -0.3 is 9.84 Å². The molecule has 23 heavy (non-hydrogen) atoms. The first-order chi connectivity index (χ1) is 10.8. The second kappa shape index (κ2) is 7.47. The van der Waals surface area contributed by atoms with Crippen LogP contribution in [-0.4, -0.2) is 32.4 Å². The van der Waals surface area contributed by atoms with Crippen molar-refractivity contribution < 1.29 is 13.5 Å². The topological polar surface area (TPSA) is 84.2 Å². The molecular formula is C16H27N3O3S. The minimum absolute atomic E-state index is 0.0430. The van der Waals surface area contributed by atoms with E-state index in [0.29, 0.717) is 11.6 Å². The monoisotopic (exact) mass is 341 g/mol. The van der Waals surface area contributed by atoms with Crippen LogP contribution in [0.5, 0.6) is 0 Å². The summed E-state index contributed by atoms with van der Waals surface area (Å²) in [5.41, 5.74) is -0.157. The molecule has 2 N–H and O–H groups in total. The van der Waals surface area contributed by atoms with E-state index < -0.39 is 10.8 Å². The lowest BCUT2D eigenvalue weighted by Gasteiger charge is -2.31. The molecule has 0 bridgehead atoms. The first-order valence-electron chi connectivity index (χ1n) is 8.23. The quantitative estimate of drug-likeness (QED) is 0.881. The van der Waals surface area contributed by atoms with Crippen LogP contribution in [0.15, 0.2) is 10.6 Å². The van der Waals surface area contributed by atoms with Crippen molar-refractivity contribution in [2.24, 2.45) is 0 Å². The second-order valence-corrected chi connectivity index (χ2v) is 8.97. The molecule has 6 nitrogen and oxygen atoms in total. The molecule has 0 radical (unpaired) electrons. The molecule has 1 aromatic rings. The smallest absolute Gasteiger partial charge is 0.320 e. The third-order valence-corrected chi connectivity index (χ3v) is 5.94. The van der Waals surface area contributed by atoms with Crippen molar-refractivity contribution in [2.75, 3.05) is 11.1 Å². The lowest BCUT2D eigenvalue weighted by atomic mass is 9.93. The first-order valence-corrected chi connectivity index (χ1v) is 9.61. The maximum atomic E-state index is 12.2. The molecule has 0 aromatic carbocycles. The van der Waals surface area contributed by atoms with Gasteiger partial charge in [-0.3, -0.25) is 9.53 Å². The number of nitrogens with zero attached hydrogens (tertiary/aromatic N) is 1. The van der Waals surface area contributed by atoms with E-state index in [9.17, 15) is 9.00 Å². The van der Waals surface area contributed by atoms with Gasteiger partial charge in [0.25, 0.3) is 0 Å². The summed E-state index contributed by atoms with van der Waals surface area (Å²) < 4.78 is 17.4. The maximum Gasteiger partial charge on any atom is 0.320 e. The highest BCUT2D eigenvalue weighted by Crippen LogP contribution is 2.25. The number of hydrogen-bond acceptors (Lipinski definition) is 4. The van der Waals surface area contributed by atoms with Gasteiger partial charge in [0.05, 0.1) is 5.25 Å². The lowest BCUT2D eigenvalue weighted by Crippen LogP contribution is -2.48. The number of amides is 2. The number of rotatable bonds is 4. The summed E-state index contributed by atoms with van der Waals surface area (Å²) in [6, 6.07) is 1.38. The van der Waals surface area contributed by atoms with Crippen molar-refractivity contribution in [1.82, 2.24) is 10.5 Å². The van der Waals surface area contributed by atoms with E-state index in [-0.39, 0.29) is 22.7 Å². The molecule has 0 aliphatic heterocycles. The predicted molar refractivity (Wildman–Crippen MR) is 92.1 cm³/mol. The molecule has 2 amide bonds. The summed E-state index contributed by atoms with van der Waals surface area (Å²) >= 11 is 0. The Hall–Kier alpha value is -1.37. The molecule has 1 fully saturated rings. The van der Waals surface area contributed by atoms with Gasteiger partial charge in [-0.25, -0.2) is 4.79 Å². The summed E-state index contributed by atoms with van der Waals surface area (Å²) in [5, 5.41) is 9.58. The van der Waals surface area contributed by atoms with Crippen LogP contribution in [0.4, 0.5) is 10.6 Å². The zero-order chi connectivity index (χ0) is 17.0. The van der Waals surface area contributed by atoms with Crippen LogP contribution in [0.3, 0.4) is 0 Å². The molecule has 1 aliphatic carbocycles. The maximum absolute atomic E-state index is 12.2. The van der Waals surface area contributed by atoms with Crippen LogP contribution in [0.25, 0.3) is 0 Å². The standard InChI is InChI=1S/C16H27N3O3S/c1-5-23(21)12-9-7-6-8-11(12)17-15(20)18-14-10-13(22-19-14)16(2,3)4/h10-12H,5-9H2,1-4H3,(H2,17,18,19,20). The Morgan fingerprint density at radius 1 is 1.39 bits per heavy atom. The fraction of sp³-hybridized carbons (Fsp3) is 0.750. The van der Waals surface area contributed by atoms with Crippen molar-refractivity contribution in [3.8, 4) is 0 Å². The van der Waals surface area contributed by atoms with Crippen molar-refractivity contribution >= 4 is 22.6 Å². The molecule has 1 aromatic heterocycles. The van der Waals surface area contributed by atoms with Gasteiger partial charge in [-0.05, 0) is 12.8 Å². The van der Waals surface area contributed by atoms with E-state index in [0.717, 1.165) is 31.4 Å². The van der Waals surface area contributed by atoms with Crippen LogP contribution >= 0.6 is 0 Å². The molecule has 7 heteroatoms. The van der Waals surface area contributed by atoms with E-state index in [1.807, 2.05) is 27.7 Å². The Bertz CT molecular complexity index is 565. The molecule has 1 heterocycles. The van der Waals surface area contributed by atoms with E-state index in [2.05, 4.69) is 15.8 Å². The minimum Gasteiger partial charge on any atom is -0.359 e. The zero-order valence-electron chi connectivity index (χ0n) is 14.3. The van der Waals surface area contributed by atoms with Gasteiger partial charge in [0.15, 0.2) is 5.82 Å². The van der Waals surface area contributed by atoms with E-state index >= 15 is 0 Å². The van der Waals surface area contributed by atoms with Gasteiger partial charge in [-0.2, -0.15) is 0 Å². The molecule has 130 valence electrons. The first kappa shape index (κ1) is 18.0. The van der Waals surface area contributed by atoms with Crippen LogP contribution in [0.1, 0.15) is 59.1 Å². The summed E-state index contributed by atoms with van der Waals surface area (Å²) in [4.78, 5) is 12.2. The second-order valence-electron chi connectivity index (χ2n) is 7.02. The molecule has 1 aliphatic rings. The number of urea groups is 1. The fourth-order valence-electron chi connectivity index (χ4n) is 2.80. The molecule has 3 unspecified atom stereocenters. The highest BCUT2D eigenvalue weighted by Gasteiger charge is 2.30. The number of carbonyl (C=O) groups excluding carboxylic acids is 1. The average Bonchev–Trinajstić information content (AvgIpc) is 2.95. The van der Waals surface area contributed by atoms with E-state index in [1.165, 1.54) is 0 Å². The van der Waals surface area contributed by atoms with Crippen molar-refractivity contribution in [2.45, 2.75) is 70.1 Å². The minimum atomic E-state index is -0.891. The summed E-state index contributed by atoms with van der Waals surface area (Å²) in [5.74, 6) is 1.75.